The summed E-state index contributed by atoms with van der Waals surface area (Å²) < 4.78 is 5.69. The summed E-state index contributed by atoms with van der Waals surface area (Å²) in [4.78, 5) is 11.7. The zero-order valence-electron chi connectivity index (χ0n) is 13.2. The van der Waals surface area contributed by atoms with E-state index in [-0.39, 0.29) is 11.4 Å². The third kappa shape index (κ3) is 4.47. The average molecular weight is 388 g/mol. The smallest absolute Gasteiger partial charge is 0.344 e. The quantitative estimate of drug-likeness (QED) is 0.281. The number of hydrogen-bond acceptors (Lipinski definition) is 2. The molecule has 0 heterocycles. The van der Waals surface area contributed by atoms with Crippen molar-refractivity contribution in [3.8, 4) is 0 Å². The lowest BCUT2D eigenvalue weighted by Gasteiger charge is -2.33. The van der Waals surface area contributed by atoms with Gasteiger partial charge in [0, 0.05) is 0 Å². The third-order valence-corrected chi connectivity index (χ3v) is 5.13. The van der Waals surface area contributed by atoms with Crippen molar-refractivity contribution in [1.29, 1.82) is 0 Å². The van der Waals surface area contributed by atoms with Gasteiger partial charge in [0.05, 0.1) is 6.61 Å². The van der Waals surface area contributed by atoms with Gasteiger partial charge >= 0.3 is 5.97 Å². The molecule has 0 spiro atoms. The largest absolute Gasteiger partial charge is 0.462 e. The number of halogens is 1. The van der Waals surface area contributed by atoms with Crippen molar-refractivity contribution >= 4 is 28.6 Å². The fraction of sp³-hybridized carbons (Fsp3) is 0.588. The minimum atomic E-state index is -0.233. The lowest BCUT2D eigenvalue weighted by atomic mass is 9.72. The van der Waals surface area contributed by atoms with Crippen molar-refractivity contribution < 1.29 is 9.53 Å². The van der Waals surface area contributed by atoms with Gasteiger partial charge in [0.1, 0.15) is 3.58 Å². The average Bonchev–Trinajstić information content (AvgIpc) is 2.36. The molecule has 1 aliphatic rings. The first-order valence-corrected chi connectivity index (χ1v) is 8.29. The molecule has 1 aliphatic carbocycles. The molecular weight excluding hydrogens is 363 g/mol. The molecule has 3 heteroatoms. The van der Waals surface area contributed by atoms with E-state index >= 15 is 0 Å². The van der Waals surface area contributed by atoms with Gasteiger partial charge in [-0.05, 0) is 79.2 Å². The van der Waals surface area contributed by atoms with Gasteiger partial charge in [-0.2, -0.15) is 0 Å². The van der Waals surface area contributed by atoms with E-state index in [9.17, 15) is 4.79 Å². The molecule has 0 bridgehead atoms. The Morgan fingerprint density at radius 3 is 2.65 bits per heavy atom. The third-order valence-electron chi connectivity index (χ3n) is 3.84. The molecule has 0 aromatic heterocycles. The van der Waals surface area contributed by atoms with Crippen LogP contribution in [-0.2, 0) is 9.53 Å². The minimum absolute atomic E-state index is 0.231. The summed E-state index contributed by atoms with van der Waals surface area (Å²) >= 11 is 2.06. The predicted molar refractivity (Wildman–Crippen MR) is 92.8 cm³/mol. The zero-order chi connectivity index (χ0) is 15.3. The minimum Gasteiger partial charge on any atom is -0.462 e. The Labute approximate surface area is 136 Å². The van der Waals surface area contributed by atoms with Crippen LogP contribution in [0.1, 0.15) is 53.9 Å². The Hall–Kier alpha value is -0.580. The first-order valence-electron chi connectivity index (χ1n) is 7.21. The molecule has 0 fully saturated rings. The molecule has 112 valence electrons. The van der Waals surface area contributed by atoms with E-state index in [0.717, 1.165) is 5.57 Å². The molecule has 0 saturated carbocycles. The molecular formula is C17H25IO2. The summed E-state index contributed by atoms with van der Waals surface area (Å²) in [6.07, 6.45) is 7.90. The Bertz CT molecular complexity index is 467. The first kappa shape index (κ1) is 17.5. The fourth-order valence-corrected chi connectivity index (χ4v) is 2.98. The number of rotatable bonds is 4. The van der Waals surface area contributed by atoms with Gasteiger partial charge < -0.3 is 4.74 Å². The molecule has 2 nitrogen and oxygen atoms in total. The maximum Gasteiger partial charge on any atom is 0.344 e. The van der Waals surface area contributed by atoms with Gasteiger partial charge in [-0.25, -0.2) is 4.79 Å². The van der Waals surface area contributed by atoms with Crippen LogP contribution in [0.15, 0.2) is 32.5 Å². The van der Waals surface area contributed by atoms with Crippen LogP contribution in [0.2, 0.25) is 0 Å². The van der Waals surface area contributed by atoms with Crippen molar-refractivity contribution in [2.24, 2.45) is 5.41 Å². The van der Waals surface area contributed by atoms with E-state index in [0.29, 0.717) is 10.2 Å². The summed E-state index contributed by atoms with van der Waals surface area (Å²) in [6.45, 7) is 11.0. The van der Waals surface area contributed by atoms with E-state index in [1.54, 1.807) is 0 Å². The van der Waals surface area contributed by atoms with E-state index in [1.807, 2.05) is 19.9 Å². The van der Waals surface area contributed by atoms with E-state index in [2.05, 4.69) is 49.4 Å². The van der Waals surface area contributed by atoms with Crippen LogP contribution in [-0.4, -0.2) is 12.6 Å². The Balaban J connectivity index is 2.96. The normalized spacial score (nSPS) is 20.1. The van der Waals surface area contributed by atoms with Crippen molar-refractivity contribution in [3.05, 3.63) is 32.5 Å². The molecule has 20 heavy (non-hydrogen) atoms. The second-order valence-electron chi connectivity index (χ2n) is 5.98. The van der Waals surface area contributed by atoms with Crippen molar-refractivity contribution in [1.82, 2.24) is 0 Å². The van der Waals surface area contributed by atoms with Crippen LogP contribution in [0.25, 0.3) is 0 Å². The molecule has 0 N–H and O–H groups in total. The van der Waals surface area contributed by atoms with Crippen LogP contribution in [0.3, 0.4) is 0 Å². The molecule has 0 radical (unpaired) electrons. The molecule has 0 aromatic rings. The van der Waals surface area contributed by atoms with Crippen LogP contribution in [0.4, 0.5) is 0 Å². The second kappa shape index (κ2) is 7.43. The van der Waals surface area contributed by atoms with E-state index in [4.69, 9.17) is 4.74 Å². The highest BCUT2D eigenvalue weighted by molar-refractivity contribution is 14.1. The number of allylic oxidation sites excluding steroid dienone is 5. The lowest BCUT2D eigenvalue weighted by Crippen LogP contribution is -2.19. The molecule has 0 aliphatic heterocycles. The molecule has 1 rings (SSSR count). The molecule has 0 unspecified atom stereocenters. The summed E-state index contributed by atoms with van der Waals surface area (Å²) in [5.41, 5.74) is 4.08. The molecule has 0 amide bonds. The van der Waals surface area contributed by atoms with Crippen molar-refractivity contribution in [3.63, 3.8) is 0 Å². The molecule has 0 saturated heterocycles. The highest BCUT2D eigenvalue weighted by atomic mass is 127. The standard InChI is InChI=1S/C17H25IO2/c1-6-20-16(19)15(18)13(3)9-10-14-12(2)8-7-11-17(14,4)5/h9-10H,6-8,11H2,1-5H3/b10-9+,15-13+. The maximum atomic E-state index is 11.7. The van der Waals surface area contributed by atoms with Gasteiger partial charge in [0.15, 0.2) is 0 Å². The van der Waals surface area contributed by atoms with Crippen LogP contribution in [0.5, 0.6) is 0 Å². The maximum absolute atomic E-state index is 11.7. The van der Waals surface area contributed by atoms with Crippen LogP contribution >= 0.6 is 22.6 Å². The molecule has 0 aromatic carbocycles. The zero-order valence-corrected chi connectivity index (χ0v) is 15.3. The van der Waals surface area contributed by atoms with Gasteiger partial charge in [-0.3, -0.25) is 0 Å². The number of carbonyl (C=O) groups excluding carboxylic acids is 1. The number of ether oxygens (including phenoxy) is 1. The number of hydrogen-bond donors (Lipinski definition) is 0. The highest BCUT2D eigenvalue weighted by Crippen LogP contribution is 2.40. The van der Waals surface area contributed by atoms with Gasteiger partial charge in [0.2, 0.25) is 0 Å². The highest BCUT2D eigenvalue weighted by Gasteiger charge is 2.26. The summed E-state index contributed by atoms with van der Waals surface area (Å²) in [5.74, 6) is -0.233. The van der Waals surface area contributed by atoms with E-state index < -0.39 is 0 Å². The Morgan fingerprint density at radius 2 is 2.10 bits per heavy atom. The Kier molecular flexibility index (Phi) is 6.49. The first-order chi connectivity index (χ1) is 9.29. The number of esters is 1. The summed E-state index contributed by atoms with van der Waals surface area (Å²) in [5, 5.41) is 0. The summed E-state index contributed by atoms with van der Waals surface area (Å²) in [6, 6.07) is 0. The topological polar surface area (TPSA) is 26.3 Å². The van der Waals surface area contributed by atoms with Gasteiger partial charge in [0.25, 0.3) is 0 Å². The van der Waals surface area contributed by atoms with Crippen molar-refractivity contribution in [2.75, 3.05) is 6.61 Å². The van der Waals surface area contributed by atoms with Gasteiger partial charge in [-0.15, -0.1) is 0 Å². The van der Waals surface area contributed by atoms with Crippen molar-refractivity contribution in [2.45, 2.75) is 53.9 Å². The van der Waals surface area contributed by atoms with E-state index in [1.165, 1.54) is 30.4 Å². The fourth-order valence-electron chi connectivity index (χ4n) is 2.65. The monoisotopic (exact) mass is 388 g/mol. The second-order valence-corrected chi connectivity index (χ2v) is 7.06. The van der Waals surface area contributed by atoms with Gasteiger partial charge in [-0.1, -0.05) is 31.6 Å². The van der Waals surface area contributed by atoms with Crippen LogP contribution in [0, 0.1) is 5.41 Å². The van der Waals surface area contributed by atoms with Crippen LogP contribution < -0.4 is 0 Å². The Morgan fingerprint density at radius 1 is 1.45 bits per heavy atom. The lowest BCUT2D eigenvalue weighted by molar-refractivity contribution is -0.137. The number of carbonyl (C=O) groups is 1. The molecule has 0 atom stereocenters. The SMILES string of the molecule is CCOC(=O)/C(I)=C(C)\C=C\C1=C(C)CCCC1(C)C. The predicted octanol–water partition coefficient (Wildman–Crippen LogP) is 5.34. The summed E-state index contributed by atoms with van der Waals surface area (Å²) in [7, 11) is 0.